The minimum Gasteiger partial charge on any atom is -0.376 e. The van der Waals surface area contributed by atoms with E-state index in [1.807, 2.05) is 42.4 Å². The Bertz CT molecular complexity index is 796. The second kappa shape index (κ2) is 4.80. The zero-order valence-corrected chi connectivity index (χ0v) is 12.8. The Morgan fingerprint density at radius 2 is 1.95 bits per heavy atom. The molecule has 6 heteroatoms. The molecule has 0 saturated carbocycles. The molecule has 110 valence electrons. The summed E-state index contributed by atoms with van der Waals surface area (Å²) in [6.45, 7) is 4.81. The lowest BCUT2D eigenvalue weighted by Crippen LogP contribution is -2.14. The van der Waals surface area contributed by atoms with Gasteiger partial charge < -0.3 is 10.6 Å². The Morgan fingerprint density at radius 1 is 1.24 bits per heavy atom. The van der Waals surface area contributed by atoms with Gasteiger partial charge in [0, 0.05) is 20.6 Å². The summed E-state index contributed by atoms with van der Waals surface area (Å²) in [5, 5.41) is 4.53. The number of rotatable bonds is 3. The molecule has 0 amide bonds. The number of imidazole rings is 1. The van der Waals surface area contributed by atoms with Crippen molar-refractivity contribution in [3.63, 3.8) is 0 Å². The molecule has 0 spiro atoms. The van der Waals surface area contributed by atoms with Gasteiger partial charge in [-0.1, -0.05) is 12.1 Å². The van der Waals surface area contributed by atoms with E-state index in [-0.39, 0.29) is 0 Å². The molecule has 0 bridgehead atoms. The maximum Gasteiger partial charge on any atom is 0.207 e. The minimum atomic E-state index is 0.488. The number of para-hydroxylation sites is 2. The fourth-order valence-corrected chi connectivity index (χ4v) is 2.67. The molecule has 2 heterocycles. The molecule has 2 aromatic heterocycles. The van der Waals surface area contributed by atoms with E-state index in [0.29, 0.717) is 5.95 Å². The van der Waals surface area contributed by atoms with E-state index in [1.54, 1.807) is 0 Å². The summed E-state index contributed by atoms with van der Waals surface area (Å²) in [5.74, 6) is 0.488. The molecule has 0 atom stereocenters. The van der Waals surface area contributed by atoms with Crippen LogP contribution in [-0.2, 0) is 6.54 Å². The van der Waals surface area contributed by atoms with E-state index >= 15 is 0 Å². The molecule has 6 nitrogen and oxygen atoms in total. The minimum absolute atomic E-state index is 0.488. The first-order chi connectivity index (χ1) is 10.0. The smallest absolute Gasteiger partial charge is 0.207 e. The van der Waals surface area contributed by atoms with E-state index in [2.05, 4.69) is 34.0 Å². The van der Waals surface area contributed by atoms with Crippen LogP contribution in [-0.4, -0.2) is 33.4 Å². The number of hydrogen-bond acceptors (Lipinski definition) is 4. The molecule has 0 fully saturated rings. The molecule has 0 unspecified atom stereocenters. The zero-order valence-electron chi connectivity index (χ0n) is 12.8. The van der Waals surface area contributed by atoms with E-state index in [1.165, 1.54) is 0 Å². The maximum atomic E-state index is 6.18. The van der Waals surface area contributed by atoms with Gasteiger partial charge in [-0.05, 0) is 26.0 Å². The number of aryl methyl sites for hydroxylation is 2. The Hall–Kier alpha value is -2.50. The van der Waals surface area contributed by atoms with Gasteiger partial charge in [-0.2, -0.15) is 5.10 Å². The van der Waals surface area contributed by atoms with Crippen LogP contribution < -0.4 is 10.6 Å². The Morgan fingerprint density at radius 3 is 2.62 bits per heavy atom. The van der Waals surface area contributed by atoms with Crippen LogP contribution in [0.4, 0.5) is 11.6 Å². The van der Waals surface area contributed by atoms with Crippen LogP contribution in [0.15, 0.2) is 24.3 Å². The molecule has 3 rings (SSSR count). The first kappa shape index (κ1) is 13.5. The fraction of sp³-hybridized carbons (Fsp3) is 0.333. The predicted molar refractivity (Wildman–Crippen MR) is 86.0 cm³/mol. The first-order valence-electron chi connectivity index (χ1n) is 7.02. The average Bonchev–Trinajstić information content (AvgIpc) is 2.95. The van der Waals surface area contributed by atoms with Gasteiger partial charge in [-0.25, -0.2) is 9.67 Å². The van der Waals surface area contributed by atoms with Crippen LogP contribution >= 0.6 is 0 Å². The van der Waals surface area contributed by atoms with E-state index in [0.717, 1.165) is 34.8 Å². The van der Waals surface area contributed by atoms with Crippen molar-refractivity contribution in [1.82, 2.24) is 19.3 Å². The van der Waals surface area contributed by atoms with Gasteiger partial charge >= 0.3 is 0 Å². The summed E-state index contributed by atoms with van der Waals surface area (Å²) in [7, 11) is 4.04. The highest BCUT2D eigenvalue weighted by molar-refractivity contribution is 5.82. The molecule has 2 N–H and O–H groups in total. The maximum absolute atomic E-state index is 6.18. The van der Waals surface area contributed by atoms with Crippen LogP contribution in [0.2, 0.25) is 0 Å². The summed E-state index contributed by atoms with van der Waals surface area (Å²) in [4.78, 5) is 6.57. The van der Waals surface area contributed by atoms with Gasteiger partial charge in [0.15, 0.2) is 5.65 Å². The van der Waals surface area contributed by atoms with Crippen LogP contribution in [0.5, 0.6) is 0 Å². The number of benzene rings is 1. The fourth-order valence-electron chi connectivity index (χ4n) is 2.67. The molecular weight excluding hydrogens is 264 g/mol. The molecular formula is C15H20N6. The number of hydrogen-bond donors (Lipinski definition) is 1. The van der Waals surface area contributed by atoms with Gasteiger partial charge in [-0.15, -0.1) is 0 Å². The van der Waals surface area contributed by atoms with Crippen molar-refractivity contribution >= 4 is 22.8 Å². The van der Waals surface area contributed by atoms with Crippen LogP contribution in [0.25, 0.3) is 16.9 Å². The molecule has 3 aromatic rings. The number of nitrogens with two attached hydrogens (primary N) is 1. The lowest BCUT2D eigenvalue weighted by Gasteiger charge is -2.19. The van der Waals surface area contributed by atoms with E-state index in [4.69, 9.17) is 5.73 Å². The van der Waals surface area contributed by atoms with Crippen molar-refractivity contribution < 1.29 is 0 Å². The van der Waals surface area contributed by atoms with Gasteiger partial charge in [0.25, 0.3) is 0 Å². The van der Waals surface area contributed by atoms with E-state index < -0.39 is 0 Å². The molecule has 1 aromatic carbocycles. The molecule has 0 saturated heterocycles. The van der Waals surface area contributed by atoms with Gasteiger partial charge in [0.2, 0.25) is 5.95 Å². The second-order valence-electron chi connectivity index (χ2n) is 5.26. The SMILES string of the molecule is CCn1nc(C)c2nc(N)n(-c3ccccc3N(C)C)c21. The third kappa shape index (κ3) is 1.94. The van der Waals surface area contributed by atoms with Crippen molar-refractivity contribution in [2.45, 2.75) is 20.4 Å². The second-order valence-corrected chi connectivity index (χ2v) is 5.26. The predicted octanol–water partition coefficient (Wildman–Crippen LogP) is 2.20. The van der Waals surface area contributed by atoms with Crippen molar-refractivity contribution in [2.75, 3.05) is 24.7 Å². The van der Waals surface area contributed by atoms with Crippen molar-refractivity contribution in [2.24, 2.45) is 0 Å². The lowest BCUT2D eigenvalue weighted by atomic mass is 10.2. The Labute approximate surface area is 123 Å². The van der Waals surface area contributed by atoms with E-state index in [9.17, 15) is 0 Å². The largest absolute Gasteiger partial charge is 0.376 e. The van der Waals surface area contributed by atoms with Crippen molar-refractivity contribution in [3.8, 4) is 5.69 Å². The van der Waals surface area contributed by atoms with Crippen LogP contribution in [0.1, 0.15) is 12.6 Å². The summed E-state index contributed by atoms with van der Waals surface area (Å²) in [6.07, 6.45) is 0. The number of fused-ring (bicyclic) bond motifs is 1. The average molecular weight is 284 g/mol. The van der Waals surface area contributed by atoms with Crippen LogP contribution in [0.3, 0.4) is 0 Å². The van der Waals surface area contributed by atoms with Gasteiger partial charge in [0.1, 0.15) is 5.52 Å². The normalized spacial score (nSPS) is 11.2. The van der Waals surface area contributed by atoms with Crippen molar-refractivity contribution in [3.05, 3.63) is 30.0 Å². The van der Waals surface area contributed by atoms with Crippen molar-refractivity contribution in [1.29, 1.82) is 0 Å². The third-order valence-electron chi connectivity index (χ3n) is 3.64. The Balaban J connectivity index is 2.38. The highest BCUT2D eigenvalue weighted by Gasteiger charge is 2.19. The third-order valence-corrected chi connectivity index (χ3v) is 3.64. The standard InChI is InChI=1S/C15H20N6/c1-5-20-14-13(10(2)18-20)17-15(16)21(14)12-9-7-6-8-11(12)19(3)4/h6-9H,5H2,1-4H3,(H2,16,17). The lowest BCUT2D eigenvalue weighted by molar-refractivity contribution is 0.663. The molecule has 21 heavy (non-hydrogen) atoms. The quantitative estimate of drug-likeness (QED) is 0.800. The topological polar surface area (TPSA) is 64.9 Å². The monoisotopic (exact) mass is 284 g/mol. The number of aromatic nitrogens is 4. The summed E-state index contributed by atoms with van der Waals surface area (Å²) in [5.41, 5.74) is 11.0. The highest BCUT2D eigenvalue weighted by Crippen LogP contribution is 2.30. The Kier molecular flexibility index (Phi) is 3.08. The zero-order chi connectivity index (χ0) is 15.1. The number of nitrogens with zero attached hydrogens (tertiary/aromatic N) is 5. The molecule has 0 aliphatic rings. The number of nitrogen functional groups attached to an aromatic ring is 1. The summed E-state index contributed by atoms with van der Waals surface area (Å²) < 4.78 is 3.93. The summed E-state index contributed by atoms with van der Waals surface area (Å²) in [6, 6.07) is 8.15. The first-order valence-corrected chi connectivity index (χ1v) is 7.02. The van der Waals surface area contributed by atoms with Crippen LogP contribution in [0, 0.1) is 6.92 Å². The van der Waals surface area contributed by atoms with Gasteiger partial charge in [0.05, 0.1) is 17.1 Å². The van der Waals surface area contributed by atoms with Gasteiger partial charge in [-0.3, -0.25) is 4.57 Å². The molecule has 0 aliphatic heterocycles. The number of anilines is 2. The molecule has 0 radical (unpaired) electrons. The molecule has 0 aliphatic carbocycles. The summed E-state index contributed by atoms with van der Waals surface area (Å²) >= 11 is 0. The highest BCUT2D eigenvalue weighted by atomic mass is 15.4.